The van der Waals surface area contributed by atoms with Crippen LogP contribution in [0.5, 0.6) is 11.5 Å². The molecule has 3 aromatic rings. The Labute approximate surface area is 215 Å². The van der Waals surface area contributed by atoms with Crippen LogP contribution in [-0.2, 0) is 9.59 Å². The largest absolute Gasteiger partial charge is 0.493 e. The van der Waals surface area contributed by atoms with E-state index < -0.39 is 5.91 Å². The third-order valence-corrected chi connectivity index (χ3v) is 6.69. The fraction of sp³-hybridized carbons (Fsp3) is 0.233. The second-order valence-corrected chi connectivity index (χ2v) is 9.17. The van der Waals surface area contributed by atoms with Gasteiger partial charge in [-0.3, -0.25) is 14.4 Å². The van der Waals surface area contributed by atoms with Gasteiger partial charge in [0.1, 0.15) is 0 Å². The van der Waals surface area contributed by atoms with Gasteiger partial charge in [-0.2, -0.15) is 0 Å². The predicted octanol–water partition coefficient (Wildman–Crippen LogP) is 4.73. The quantitative estimate of drug-likeness (QED) is 0.364. The summed E-state index contributed by atoms with van der Waals surface area (Å²) in [5, 5.41) is 0. The number of rotatable bonds is 6. The monoisotopic (exact) mass is 496 g/mol. The van der Waals surface area contributed by atoms with Crippen molar-refractivity contribution in [1.82, 2.24) is 4.90 Å². The maximum absolute atomic E-state index is 13.7. The number of hydrogen-bond donors (Lipinski definition) is 0. The van der Waals surface area contributed by atoms with Crippen LogP contribution in [0.25, 0.3) is 11.6 Å². The number of fused-ring (bicyclic) bond motifs is 1. The Kier molecular flexibility index (Phi) is 6.77. The summed E-state index contributed by atoms with van der Waals surface area (Å²) in [4.78, 5) is 42.3. The molecule has 2 aliphatic heterocycles. The van der Waals surface area contributed by atoms with Crippen molar-refractivity contribution in [2.24, 2.45) is 0 Å². The topological polar surface area (TPSA) is 76.1 Å². The van der Waals surface area contributed by atoms with Gasteiger partial charge in [-0.15, -0.1) is 0 Å². The van der Waals surface area contributed by atoms with Crippen LogP contribution in [0.1, 0.15) is 39.9 Å². The molecule has 188 valence electrons. The van der Waals surface area contributed by atoms with Crippen LogP contribution in [0.3, 0.4) is 0 Å². The van der Waals surface area contributed by atoms with Gasteiger partial charge in [0, 0.05) is 24.2 Å². The number of nitrogens with zero attached hydrogens (tertiary/aromatic N) is 2. The van der Waals surface area contributed by atoms with E-state index in [2.05, 4.69) is 0 Å². The standard InChI is InChI=1S/C30H28N2O5/c1-20-9-12-22(13-10-20)32-29(34)24-8-4-3-7-23(24)25(30(32)35)17-21-11-14-26(27(18-21)36-2)37-19-28(33)31-15-5-6-16-31/h3-4,7-14,17-18H,5-6,15-16,19H2,1-2H3/b25-17+. The third kappa shape index (κ3) is 4.85. The van der Waals surface area contributed by atoms with Gasteiger partial charge in [-0.25, -0.2) is 4.90 Å². The van der Waals surface area contributed by atoms with Crippen molar-refractivity contribution in [3.05, 3.63) is 89.0 Å². The Morgan fingerprint density at radius 2 is 1.59 bits per heavy atom. The van der Waals surface area contributed by atoms with Crippen molar-refractivity contribution in [1.29, 1.82) is 0 Å². The average molecular weight is 497 g/mol. The van der Waals surface area contributed by atoms with Gasteiger partial charge in [0.25, 0.3) is 17.7 Å². The van der Waals surface area contributed by atoms with E-state index in [-0.39, 0.29) is 18.4 Å². The van der Waals surface area contributed by atoms with Gasteiger partial charge >= 0.3 is 0 Å². The van der Waals surface area contributed by atoms with Gasteiger partial charge in [-0.1, -0.05) is 42.0 Å². The predicted molar refractivity (Wildman–Crippen MR) is 142 cm³/mol. The zero-order chi connectivity index (χ0) is 25.9. The number of methoxy groups -OCH3 is 1. The molecule has 0 N–H and O–H groups in total. The zero-order valence-electron chi connectivity index (χ0n) is 20.9. The molecule has 3 amide bonds. The summed E-state index contributed by atoms with van der Waals surface area (Å²) >= 11 is 0. The number of aryl methyl sites for hydroxylation is 1. The van der Waals surface area contributed by atoms with Crippen LogP contribution in [0, 0.1) is 6.92 Å². The summed E-state index contributed by atoms with van der Waals surface area (Å²) in [6.45, 7) is 3.43. The lowest BCUT2D eigenvalue weighted by Gasteiger charge is -2.28. The summed E-state index contributed by atoms with van der Waals surface area (Å²) in [7, 11) is 1.53. The van der Waals surface area contributed by atoms with E-state index in [1.165, 1.54) is 12.0 Å². The number of hydrogen-bond acceptors (Lipinski definition) is 5. The molecule has 7 heteroatoms. The Hall–Kier alpha value is -4.39. The van der Waals surface area contributed by atoms with Gasteiger partial charge in [0.15, 0.2) is 18.1 Å². The Morgan fingerprint density at radius 3 is 2.30 bits per heavy atom. The first-order valence-corrected chi connectivity index (χ1v) is 12.3. The normalized spacial score (nSPS) is 16.2. The summed E-state index contributed by atoms with van der Waals surface area (Å²) in [5.41, 5.74) is 3.69. The molecule has 0 spiro atoms. The molecule has 0 radical (unpaired) electrons. The van der Waals surface area contributed by atoms with Gasteiger partial charge in [0.2, 0.25) is 0 Å². The summed E-state index contributed by atoms with van der Waals surface area (Å²) in [6, 6.07) is 19.7. The molecule has 0 aliphatic carbocycles. The molecular weight excluding hydrogens is 468 g/mol. The lowest BCUT2D eigenvalue weighted by Crippen LogP contribution is -2.41. The molecular formula is C30H28N2O5. The number of ether oxygens (including phenoxy) is 2. The van der Waals surface area contributed by atoms with E-state index in [9.17, 15) is 14.4 Å². The Bertz CT molecular complexity index is 1390. The number of carbonyl (C=O) groups excluding carboxylic acids is 3. The molecule has 2 heterocycles. The molecule has 0 aromatic heterocycles. The molecule has 0 unspecified atom stereocenters. The second-order valence-electron chi connectivity index (χ2n) is 9.17. The molecule has 1 saturated heterocycles. The second kappa shape index (κ2) is 10.3. The van der Waals surface area contributed by atoms with E-state index in [0.29, 0.717) is 39.4 Å². The number of amides is 3. The van der Waals surface area contributed by atoms with Gasteiger partial charge in [0.05, 0.1) is 12.8 Å². The van der Waals surface area contributed by atoms with Crippen molar-refractivity contribution in [3.8, 4) is 11.5 Å². The molecule has 0 saturated carbocycles. The van der Waals surface area contributed by atoms with Crippen LogP contribution in [-0.4, -0.2) is 49.4 Å². The molecule has 37 heavy (non-hydrogen) atoms. The lowest BCUT2D eigenvalue weighted by atomic mass is 9.91. The van der Waals surface area contributed by atoms with Crippen LogP contribution >= 0.6 is 0 Å². The zero-order valence-corrected chi connectivity index (χ0v) is 20.9. The minimum absolute atomic E-state index is 0.0454. The molecule has 2 aliphatic rings. The lowest BCUT2D eigenvalue weighted by molar-refractivity contribution is -0.132. The maximum Gasteiger partial charge on any atom is 0.265 e. The SMILES string of the molecule is COc1cc(/C=C2/C(=O)N(c3ccc(C)cc3)C(=O)c3ccccc32)ccc1OCC(=O)N1CCCC1. The first kappa shape index (κ1) is 24.3. The molecule has 0 atom stereocenters. The van der Waals surface area contributed by atoms with E-state index >= 15 is 0 Å². The van der Waals surface area contributed by atoms with Crippen molar-refractivity contribution in [2.45, 2.75) is 19.8 Å². The van der Waals surface area contributed by atoms with Crippen LogP contribution in [0.2, 0.25) is 0 Å². The molecule has 1 fully saturated rings. The molecule has 0 bridgehead atoms. The van der Waals surface area contributed by atoms with Gasteiger partial charge in [-0.05, 0) is 67.3 Å². The Morgan fingerprint density at radius 1 is 0.892 bits per heavy atom. The van der Waals surface area contributed by atoms with Crippen LogP contribution in [0.15, 0.2) is 66.7 Å². The van der Waals surface area contributed by atoms with Crippen molar-refractivity contribution < 1.29 is 23.9 Å². The fourth-order valence-corrected chi connectivity index (χ4v) is 4.68. The number of carbonyl (C=O) groups is 3. The summed E-state index contributed by atoms with van der Waals surface area (Å²) in [6.07, 6.45) is 3.79. The highest BCUT2D eigenvalue weighted by molar-refractivity contribution is 6.43. The molecule has 7 nitrogen and oxygen atoms in total. The number of imide groups is 1. The number of likely N-dealkylation sites (tertiary alicyclic amines) is 1. The van der Waals surface area contributed by atoms with Gasteiger partial charge < -0.3 is 14.4 Å². The van der Waals surface area contributed by atoms with Crippen LogP contribution < -0.4 is 14.4 Å². The van der Waals surface area contributed by atoms with Crippen molar-refractivity contribution >= 4 is 35.1 Å². The molecule has 5 rings (SSSR count). The minimum atomic E-state index is -0.400. The highest BCUT2D eigenvalue weighted by Gasteiger charge is 2.35. The summed E-state index contributed by atoms with van der Waals surface area (Å²) < 4.78 is 11.3. The highest BCUT2D eigenvalue weighted by atomic mass is 16.5. The van der Waals surface area contributed by atoms with Crippen molar-refractivity contribution in [2.75, 3.05) is 31.7 Å². The minimum Gasteiger partial charge on any atom is -0.493 e. The van der Waals surface area contributed by atoms with Crippen molar-refractivity contribution in [3.63, 3.8) is 0 Å². The summed E-state index contributed by atoms with van der Waals surface area (Å²) in [5.74, 6) is 0.0975. The van der Waals surface area contributed by atoms with E-state index in [1.807, 2.05) is 25.1 Å². The Balaban J connectivity index is 1.46. The fourth-order valence-electron chi connectivity index (χ4n) is 4.68. The number of anilines is 1. The van der Waals surface area contributed by atoms with E-state index in [4.69, 9.17) is 9.47 Å². The van der Waals surface area contributed by atoms with Crippen LogP contribution in [0.4, 0.5) is 5.69 Å². The smallest absolute Gasteiger partial charge is 0.265 e. The van der Waals surface area contributed by atoms with E-state index in [0.717, 1.165) is 31.5 Å². The number of benzene rings is 3. The first-order chi connectivity index (χ1) is 18.0. The average Bonchev–Trinajstić information content (AvgIpc) is 3.46. The maximum atomic E-state index is 13.7. The van der Waals surface area contributed by atoms with E-state index in [1.54, 1.807) is 59.5 Å². The third-order valence-electron chi connectivity index (χ3n) is 6.69. The highest BCUT2D eigenvalue weighted by Crippen LogP contribution is 2.35. The molecule has 3 aromatic carbocycles. The first-order valence-electron chi connectivity index (χ1n) is 12.3.